The molecular formula is C12H8N4O. The molecule has 0 aliphatic rings. The first kappa shape index (κ1) is 9.65. The van der Waals surface area contributed by atoms with Gasteiger partial charge in [0.05, 0.1) is 5.56 Å². The van der Waals surface area contributed by atoms with Crippen LogP contribution in [0.5, 0.6) is 0 Å². The summed E-state index contributed by atoms with van der Waals surface area (Å²) >= 11 is 0. The van der Waals surface area contributed by atoms with E-state index in [2.05, 4.69) is 15.1 Å². The molecule has 0 saturated heterocycles. The van der Waals surface area contributed by atoms with Gasteiger partial charge in [-0.2, -0.15) is 0 Å². The number of nitrogens with zero attached hydrogens (tertiary/aromatic N) is 4. The lowest BCUT2D eigenvalue weighted by atomic mass is 10.3. The third-order valence-electron chi connectivity index (χ3n) is 2.44. The van der Waals surface area contributed by atoms with Gasteiger partial charge in [-0.25, -0.2) is 9.50 Å². The van der Waals surface area contributed by atoms with E-state index in [4.69, 9.17) is 0 Å². The van der Waals surface area contributed by atoms with Gasteiger partial charge in [0.25, 0.3) is 0 Å². The van der Waals surface area contributed by atoms with Crippen LogP contribution in [-0.4, -0.2) is 25.9 Å². The smallest absolute Gasteiger partial charge is 0.183 e. The first-order valence-corrected chi connectivity index (χ1v) is 5.09. The van der Waals surface area contributed by atoms with Gasteiger partial charge in [-0.05, 0) is 24.3 Å². The van der Waals surface area contributed by atoms with Crippen LogP contribution in [0, 0.1) is 0 Å². The average molecular weight is 224 g/mol. The van der Waals surface area contributed by atoms with E-state index in [-0.39, 0.29) is 0 Å². The van der Waals surface area contributed by atoms with Gasteiger partial charge < -0.3 is 0 Å². The molecule has 3 heterocycles. The molecule has 0 aliphatic carbocycles. The molecule has 0 fully saturated rings. The molecular weight excluding hydrogens is 216 g/mol. The van der Waals surface area contributed by atoms with Gasteiger partial charge in [-0.3, -0.25) is 9.78 Å². The molecule has 0 bridgehead atoms. The monoisotopic (exact) mass is 224 g/mol. The Hall–Kier alpha value is -2.56. The highest BCUT2D eigenvalue weighted by Gasteiger charge is 2.08. The molecule has 0 aliphatic heterocycles. The molecule has 3 aromatic rings. The SMILES string of the molecule is O=Cc1cccn2nc(-c3cccnc3)nc12. The zero-order chi connectivity index (χ0) is 11.7. The predicted molar refractivity (Wildman–Crippen MR) is 61.6 cm³/mol. The van der Waals surface area contributed by atoms with E-state index >= 15 is 0 Å². The number of hydrogen-bond acceptors (Lipinski definition) is 4. The van der Waals surface area contributed by atoms with Crippen LogP contribution in [0.3, 0.4) is 0 Å². The average Bonchev–Trinajstić information content (AvgIpc) is 2.83. The minimum absolute atomic E-state index is 0.523. The van der Waals surface area contributed by atoms with Crippen molar-refractivity contribution in [3.63, 3.8) is 0 Å². The van der Waals surface area contributed by atoms with Crippen molar-refractivity contribution < 1.29 is 4.79 Å². The summed E-state index contributed by atoms with van der Waals surface area (Å²) in [6.07, 6.45) is 5.91. The maximum absolute atomic E-state index is 10.9. The lowest BCUT2D eigenvalue weighted by Crippen LogP contribution is -1.90. The Balaban J connectivity index is 2.24. The van der Waals surface area contributed by atoms with Crippen molar-refractivity contribution in [1.29, 1.82) is 0 Å². The molecule has 3 aromatic heterocycles. The van der Waals surface area contributed by atoms with Crippen LogP contribution in [0.4, 0.5) is 0 Å². The third kappa shape index (κ3) is 1.57. The van der Waals surface area contributed by atoms with E-state index in [1.165, 1.54) is 0 Å². The van der Waals surface area contributed by atoms with E-state index in [1.54, 1.807) is 35.2 Å². The summed E-state index contributed by atoms with van der Waals surface area (Å²) in [6, 6.07) is 7.17. The number of pyridine rings is 2. The van der Waals surface area contributed by atoms with Crippen LogP contribution in [0.2, 0.25) is 0 Å². The number of carbonyl (C=O) groups excluding carboxylic acids is 1. The first-order valence-electron chi connectivity index (χ1n) is 5.09. The first-order chi connectivity index (χ1) is 8.38. The molecule has 0 atom stereocenters. The van der Waals surface area contributed by atoms with Crippen LogP contribution in [0.15, 0.2) is 42.9 Å². The lowest BCUT2D eigenvalue weighted by molar-refractivity contribution is 0.112. The minimum atomic E-state index is 0.523. The van der Waals surface area contributed by atoms with E-state index < -0.39 is 0 Å². The van der Waals surface area contributed by atoms with Crippen molar-refractivity contribution in [1.82, 2.24) is 19.6 Å². The van der Waals surface area contributed by atoms with Gasteiger partial charge in [0, 0.05) is 24.2 Å². The Morgan fingerprint density at radius 1 is 1.24 bits per heavy atom. The Kier molecular flexibility index (Phi) is 2.15. The quantitative estimate of drug-likeness (QED) is 0.620. The molecule has 0 aromatic carbocycles. The molecule has 5 nitrogen and oxygen atoms in total. The number of carbonyl (C=O) groups is 1. The fourth-order valence-corrected chi connectivity index (χ4v) is 1.64. The van der Waals surface area contributed by atoms with Crippen molar-refractivity contribution in [3.8, 4) is 11.4 Å². The molecule has 82 valence electrons. The van der Waals surface area contributed by atoms with E-state index in [0.29, 0.717) is 17.0 Å². The van der Waals surface area contributed by atoms with Crippen LogP contribution in [-0.2, 0) is 0 Å². The minimum Gasteiger partial charge on any atom is -0.298 e. The van der Waals surface area contributed by atoms with Crippen molar-refractivity contribution in [3.05, 3.63) is 48.4 Å². The normalized spacial score (nSPS) is 10.6. The zero-order valence-electron chi connectivity index (χ0n) is 8.82. The summed E-state index contributed by atoms with van der Waals surface area (Å²) in [5.74, 6) is 0.562. The molecule has 3 rings (SSSR count). The van der Waals surface area contributed by atoms with Crippen molar-refractivity contribution in [2.45, 2.75) is 0 Å². The van der Waals surface area contributed by atoms with Crippen molar-refractivity contribution >= 4 is 11.9 Å². The Morgan fingerprint density at radius 3 is 2.94 bits per heavy atom. The number of aromatic nitrogens is 4. The van der Waals surface area contributed by atoms with Gasteiger partial charge >= 0.3 is 0 Å². The van der Waals surface area contributed by atoms with Gasteiger partial charge in [-0.1, -0.05) is 0 Å². The predicted octanol–water partition coefficient (Wildman–Crippen LogP) is 1.60. The van der Waals surface area contributed by atoms with Gasteiger partial charge in [0.1, 0.15) is 0 Å². The van der Waals surface area contributed by atoms with E-state index in [9.17, 15) is 4.79 Å². The van der Waals surface area contributed by atoms with Crippen LogP contribution < -0.4 is 0 Å². The van der Waals surface area contributed by atoms with Crippen molar-refractivity contribution in [2.75, 3.05) is 0 Å². The fourth-order valence-electron chi connectivity index (χ4n) is 1.64. The molecule has 0 spiro atoms. The molecule has 0 unspecified atom stereocenters. The molecule has 0 saturated carbocycles. The van der Waals surface area contributed by atoms with Crippen LogP contribution in [0.25, 0.3) is 17.0 Å². The second kappa shape index (κ2) is 3.79. The summed E-state index contributed by atoms with van der Waals surface area (Å²) in [6.45, 7) is 0. The van der Waals surface area contributed by atoms with E-state index in [0.717, 1.165) is 11.8 Å². The van der Waals surface area contributed by atoms with Gasteiger partial charge in [-0.15, -0.1) is 5.10 Å². The van der Waals surface area contributed by atoms with Crippen LogP contribution in [0.1, 0.15) is 10.4 Å². The molecule has 17 heavy (non-hydrogen) atoms. The summed E-state index contributed by atoms with van der Waals surface area (Å²) in [4.78, 5) is 19.2. The second-order valence-corrected chi connectivity index (χ2v) is 3.53. The second-order valence-electron chi connectivity index (χ2n) is 3.53. The lowest BCUT2D eigenvalue weighted by Gasteiger charge is -1.91. The van der Waals surface area contributed by atoms with Gasteiger partial charge in [0.2, 0.25) is 0 Å². The van der Waals surface area contributed by atoms with Crippen LogP contribution >= 0.6 is 0 Å². The number of rotatable bonds is 2. The zero-order valence-corrected chi connectivity index (χ0v) is 8.82. The molecule has 0 amide bonds. The molecule has 5 heteroatoms. The highest BCUT2D eigenvalue weighted by atomic mass is 16.1. The number of fused-ring (bicyclic) bond motifs is 1. The standard InChI is InChI=1S/C12H8N4O/c17-8-10-4-2-6-16-12(10)14-11(15-16)9-3-1-5-13-7-9/h1-8H. The third-order valence-corrected chi connectivity index (χ3v) is 2.44. The summed E-state index contributed by atoms with van der Waals surface area (Å²) in [5, 5.41) is 4.30. The fraction of sp³-hybridized carbons (Fsp3) is 0. The van der Waals surface area contributed by atoms with E-state index in [1.807, 2.05) is 12.1 Å². The maximum atomic E-state index is 10.9. The highest BCUT2D eigenvalue weighted by Crippen LogP contribution is 2.15. The molecule has 0 radical (unpaired) electrons. The topological polar surface area (TPSA) is 60.2 Å². The van der Waals surface area contributed by atoms with Crippen molar-refractivity contribution in [2.24, 2.45) is 0 Å². The number of aldehydes is 1. The summed E-state index contributed by atoms with van der Waals surface area (Å²) in [7, 11) is 0. The largest absolute Gasteiger partial charge is 0.298 e. The highest BCUT2D eigenvalue weighted by molar-refractivity contribution is 5.84. The summed E-state index contributed by atoms with van der Waals surface area (Å²) < 4.78 is 1.59. The summed E-state index contributed by atoms with van der Waals surface area (Å²) in [5.41, 5.74) is 1.91. The maximum Gasteiger partial charge on any atom is 0.183 e. The molecule has 0 N–H and O–H groups in total. The van der Waals surface area contributed by atoms with Gasteiger partial charge in [0.15, 0.2) is 17.8 Å². The number of hydrogen-bond donors (Lipinski definition) is 0. The Morgan fingerprint density at radius 2 is 2.18 bits per heavy atom. The Bertz CT molecular complexity index is 675. The Labute approximate surface area is 96.8 Å².